The Labute approximate surface area is 137 Å². The van der Waals surface area contributed by atoms with E-state index in [-0.39, 0.29) is 5.76 Å². The first kappa shape index (κ1) is 17.4. The zero-order valence-corrected chi connectivity index (χ0v) is 14.1. The van der Waals surface area contributed by atoms with Crippen molar-refractivity contribution < 1.29 is 9.21 Å². The number of hydrogen-bond donors (Lipinski definition) is 3. The molecule has 1 aromatic heterocycles. The van der Waals surface area contributed by atoms with Gasteiger partial charge in [-0.05, 0) is 36.8 Å². The van der Waals surface area contributed by atoms with E-state index in [2.05, 4.69) is 22.5 Å². The molecule has 1 aliphatic rings. The number of hydrogen-bond acceptors (Lipinski definition) is 3. The van der Waals surface area contributed by atoms with E-state index in [9.17, 15) is 4.79 Å². The van der Waals surface area contributed by atoms with Crippen LogP contribution in [0.2, 0.25) is 0 Å². The van der Waals surface area contributed by atoms with Crippen LogP contribution in [-0.4, -0.2) is 25.5 Å². The number of amides is 1. The molecule has 0 aromatic carbocycles. The van der Waals surface area contributed by atoms with Crippen molar-refractivity contribution in [3.05, 3.63) is 23.7 Å². The molecular formula is C17H28N4O2. The smallest absolute Gasteiger partial charge is 0.284 e. The minimum absolute atomic E-state index is 0.177. The summed E-state index contributed by atoms with van der Waals surface area (Å²) in [6.07, 6.45) is 6.61. The van der Waals surface area contributed by atoms with E-state index < -0.39 is 5.91 Å². The lowest BCUT2D eigenvalue weighted by atomic mass is 9.81. The van der Waals surface area contributed by atoms with Gasteiger partial charge in [-0.15, -0.1) is 0 Å². The normalized spacial score (nSPS) is 21.9. The molecule has 1 saturated carbocycles. The van der Waals surface area contributed by atoms with E-state index >= 15 is 0 Å². The fourth-order valence-electron chi connectivity index (χ4n) is 3.21. The number of nitrogens with one attached hydrogen (secondary N) is 2. The average molecular weight is 320 g/mol. The van der Waals surface area contributed by atoms with Crippen LogP contribution >= 0.6 is 0 Å². The average Bonchev–Trinajstić information content (AvgIpc) is 3.00. The quantitative estimate of drug-likeness (QED) is 0.554. The molecule has 0 radical (unpaired) electrons. The van der Waals surface area contributed by atoms with Gasteiger partial charge in [0.15, 0.2) is 11.7 Å². The molecule has 2 rings (SSSR count). The van der Waals surface area contributed by atoms with Gasteiger partial charge in [0.2, 0.25) is 0 Å². The van der Waals surface area contributed by atoms with Crippen molar-refractivity contribution in [1.82, 2.24) is 10.6 Å². The number of guanidine groups is 1. The molecule has 2 unspecified atom stereocenters. The SMILES string of the molecule is CN=C(NCCC1CCCC(C)C1)NCc1ccc(C(N)=O)o1. The molecule has 128 valence electrons. The first-order chi connectivity index (χ1) is 11.1. The lowest BCUT2D eigenvalue weighted by Crippen LogP contribution is -2.38. The predicted octanol–water partition coefficient (Wildman–Crippen LogP) is 2.26. The van der Waals surface area contributed by atoms with Crippen molar-refractivity contribution in [3.63, 3.8) is 0 Å². The Morgan fingerprint density at radius 3 is 2.87 bits per heavy atom. The summed E-state index contributed by atoms with van der Waals surface area (Å²) in [5.41, 5.74) is 5.17. The molecule has 0 bridgehead atoms. The number of aliphatic imine (C=N–C) groups is 1. The second-order valence-electron chi connectivity index (χ2n) is 6.41. The third kappa shape index (κ3) is 5.62. The Balaban J connectivity index is 1.69. The van der Waals surface area contributed by atoms with Gasteiger partial charge in [-0.3, -0.25) is 9.79 Å². The molecule has 1 heterocycles. The molecule has 1 amide bonds. The maximum Gasteiger partial charge on any atom is 0.284 e. The molecule has 1 fully saturated rings. The molecule has 0 aliphatic heterocycles. The predicted molar refractivity (Wildman–Crippen MR) is 91.2 cm³/mol. The lowest BCUT2D eigenvalue weighted by Gasteiger charge is -2.26. The summed E-state index contributed by atoms with van der Waals surface area (Å²) in [5.74, 6) is 2.71. The van der Waals surface area contributed by atoms with Gasteiger partial charge < -0.3 is 20.8 Å². The van der Waals surface area contributed by atoms with E-state index in [4.69, 9.17) is 10.2 Å². The van der Waals surface area contributed by atoms with E-state index in [1.807, 2.05) is 0 Å². The van der Waals surface area contributed by atoms with Gasteiger partial charge in [-0.1, -0.05) is 26.2 Å². The van der Waals surface area contributed by atoms with Crippen molar-refractivity contribution >= 4 is 11.9 Å². The maximum atomic E-state index is 11.0. The Bertz CT molecular complexity index is 538. The van der Waals surface area contributed by atoms with Crippen LogP contribution in [-0.2, 0) is 6.54 Å². The minimum atomic E-state index is -0.555. The standard InChI is InChI=1S/C17H28N4O2/c1-12-4-3-5-13(10-12)8-9-20-17(19-2)21-11-14-6-7-15(23-14)16(18)22/h6-7,12-13H,3-5,8-11H2,1-2H3,(H2,18,22)(H2,19,20,21). The molecule has 23 heavy (non-hydrogen) atoms. The first-order valence-corrected chi connectivity index (χ1v) is 8.41. The Morgan fingerprint density at radius 1 is 1.39 bits per heavy atom. The van der Waals surface area contributed by atoms with Gasteiger partial charge in [0.05, 0.1) is 6.54 Å². The monoisotopic (exact) mass is 320 g/mol. The molecule has 0 spiro atoms. The fraction of sp³-hybridized carbons (Fsp3) is 0.647. The lowest BCUT2D eigenvalue weighted by molar-refractivity contribution is 0.0972. The van der Waals surface area contributed by atoms with Crippen LogP contribution < -0.4 is 16.4 Å². The van der Waals surface area contributed by atoms with Crippen LogP contribution in [0.5, 0.6) is 0 Å². The molecule has 6 heteroatoms. The second kappa shape index (κ2) is 8.60. The van der Waals surface area contributed by atoms with E-state index in [1.54, 1.807) is 19.2 Å². The highest BCUT2D eigenvalue weighted by atomic mass is 16.3. The van der Waals surface area contributed by atoms with Crippen molar-refractivity contribution in [2.24, 2.45) is 22.6 Å². The van der Waals surface area contributed by atoms with Gasteiger partial charge in [0.1, 0.15) is 5.76 Å². The zero-order chi connectivity index (χ0) is 16.7. The van der Waals surface area contributed by atoms with Crippen LogP contribution in [0, 0.1) is 11.8 Å². The van der Waals surface area contributed by atoms with Crippen LogP contribution in [0.25, 0.3) is 0 Å². The largest absolute Gasteiger partial charge is 0.454 e. The van der Waals surface area contributed by atoms with Gasteiger partial charge >= 0.3 is 0 Å². The molecule has 1 aliphatic carbocycles. The Hall–Kier alpha value is -1.98. The summed E-state index contributed by atoms with van der Waals surface area (Å²) in [5, 5.41) is 6.51. The highest BCUT2D eigenvalue weighted by Crippen LogP contribution is 2.30. The maximum absolute atomic E-state index is 11.0. The third-order valence-corrected chi connectivity index (χ3v) is 4.45. The zero-order valence-electron chi connectivity index (χ0n) is 14.1. The van der Waals surface area contributed by atoms with Gasteiger partial charge in [0.25, 0.3) is 5.91 Å². The summed E-state index contributed by atoms with van der Waals surface area (Å²) >= 11 is 0. The first-order valence-electron chi connectivity index (χ1n) is 8.41. The van der Waals surface area contributed by atoms with E-state index in [1.165, 1.54) is 32.1 Å². The summed E-state index contributed by atoms with van der Waals surface area (Å²) in [4.78, 5) is 15.2. The molecule has 6 nitrogen and oxygen atoms in total. The number of furan rings is 1. The number of carbonyl (C=O) groups excluding carboxylic acids is 1. The topological polar surface area (TPSA) is 92.6 Å². The number of carbonyl (C=O) groups is 1. The molecule has 0 saturated heterocycles. The summed E-state index contributed by atoms with van der Waals surface area (Å²) in [6.45, 7) is 3.74. The van der Waals surface area contributed by atoms with Crippen LogP contribution in [0.1, 0.15) is 55.3 Å². The number of primary amides is 1. The van der Waals surface area contributed by atoms with E-state index in [0.717, 1.165) is 24.3 Å². The third-order valence-electron chi connectivity index (χ3n) is 4.45. The van der Waals surface area contributed by atoms with Crippen LogP contribution in [0.3, 0.4) is 0 Å². The second-order valence-corrected chi connectivity index (χ2v) is 6.41. The van der Waals surface area contributed by atoms with Crippen LogP contribution in [0.15, 0.2) is 21.5 Å². The molecule has 4 N–H and O–H groups in total. The van der Waals surface area contributed by atoms with Gasteiger partial charge in [-0.25, -0.2) is 0 Å². The number of nitrogens with zero attached hydrogens (tertiary/aromatic N) is 1. The highest BCUT2D eigenvalue weighted by Gasteiger charge is 2.18. The minimum Gasteiger partial charge on any atom is -0.454 e. The van der Waals surface area contributed by atoms with Crippen LogP contribution in [0.4, 0.5) is 0 Å². The molecule has 2 atom stereocenters. The number of rotatable bonds is 6. The summed E-state index contributed by atoms with van der Waals surface area (Å²) in [6, 6.07) is 3.32. The van der Waals surface area contributed by atoms with Gasteiger partial charge in [-0.2, -0.15) is 0 Å². The Kier molecular flexibility index (Phi) is 6.50. The Morgan fingerprint density at radius 2 is 2.22 bits per heavy atom. The highest BCUT2D eigenvalue weighted by molar-refractivity contribution is 5.89. The van der Waals surface area contributed by atoms with E-state index in [0.29, 0.717) is 12.3 Å². The van der Waals surface area contributed by atoms with Crippen molar-refractivity contribution in [3.8, 4) is 0 Å². The molecule has 1 aromatic rings. The number of nitrogens with two attached hydrogens (primary N) is 1. The summed E-state index contributed by atoms with van der Waals surface area (Å²) < 4.78 is 5.33. The van der Waals surface area contributed by atoms with Crippen molar-refractivity contribution in [2.75, 3.05) is 13.6 Å². The van der Waals surface area contributed by atoms with Crippen molar-refractivity contribution in [2.45, 2.75) is 45.6 Å². The summed E-state index contributed by atoms with van der Waals surface area (Å²) in [7, 11) is 1.75. The van der Waals surface area contributed by atoms with Crippen molar-refractivity contribution in [1.29, 1.82) is 0 Å². The fourth-order valence-corrected chi connectivity index (χ4v) is 3.21. The van der Waals surface area contributed by atoms with Gasteiger partial charge in [0, 0.05) is 13.6 Å². The molecular weight excluding hydrogens is 292 g/mol.